The molecule has 14 nitrogen and oxygen atoms in total. The Labute approximate surface area is 284 Å². The van der Waals surface area contributed by atoms with Crippen molar-refractivity contribution in [2.45, 2.75) is 108 Å². The lowest BCUT2D eigenvalue weighted by molar-refractivity contribution is -0.374. The van der Waals surface area contributed by atoms with Gasteiger partial charge in [-0.2, -0.15) is 0 Å². The van der Waals surface area contributed by atoms with Gasteiger partial charge < -0.3 is 45.1 Å². The van der Waals surface area contributed by atoms with E-state index in [-0.39, 0.29) is 24.2 Å². The first-order valence-corrected chi connectivity index (χ1v) is 16.2. The molecule has 2 aliphatic rings. The molecule has 2 bridgehead atoms. The molecule has 10 unspecified atom stereocenters. The van der Waals surface area contributed by atoms with E-state index in [1.807, 2.05) is 58.0 Å². The zero-order valence-electron chi connectivity index (χ0n) is 28.3. The van der Waals surface area contributed by atoms with Crippen molar-refractivity contribution in [3.63, 3.8) is 0 Å². The largest absolute Gasteiger partial charge is 0.479 e. The first-order valence-electron chi connectivity index (χ1n) is 16.2. The van der Waals surface area contributed by atoms with Crippen LogP contribution in [-0.2, 0) is 44.6 Å². The van der Waals surface area contributed by atoms with Gasteiger partial charge in [0, 0.05) is 19.4 Å². The molecule has 1 aromatic rings. The average molecular weight is 690 g/mol. The fourth-order valence-corrected chi connectivity index (χ4v) is 6.69. The molecule has 0 radical (unpaired) electrons. The van der Waals surface area contributed by atoms with Crippen LogP contribution in [0.4, 0.5) is 0 Å². The predicted octanol–water partition coefficient (Wildman–Crippen LogP) is 2.46. The van der Waals surface area contributed by atoms with Crippen molar-refractivity contribution in [1.82, 2.24) is 5.32 Å². The fourth-order valence-electron chi connectivity index (χ4n) is 6.69. The van der Waals surface area contributed by atoms with Crippen molar-refractivity contribution in [2.75, 3.05) is 0 Å². The molecular weight excluding hydrogens is 642 g/mol. The number of allylic oxidation sites excluding steroid dienone is 1. The van der Waals surface area contributed by atoms with Gasteiger partial charge in [-0.15, -0.1) is 0 Å². The van der Waals surface area contributed by atoms with Crippen LogP contribution in [0.25, 0.3) is 0 Å². The highest BCUT2D eigenvalue weighted by atomic mass is 16.8. The number of carbonyl (C=O) groups is 5. The lowest BCUT2D eigenvalue weighted by Crippen LogP contribution is -2.78. The molecule has 0 aromatic heterocycles. The highest BCUT2D eigenvalue weighted by molar-refractivity contribution is 5.98. The fraction of sp³-hybridized carbons (Fsp3) is 0.571. The third-order valence-electron chi connectivity index (χ3n) is 9.44. The molecule has 10 atom stereocenters. The van der Waals surface area contributed by atoms with Crippen molar-refractivity contribution in [3.05, 3.63) is 60.2 Å². The van der Waals surface area contributed by atoms with E-state index in [0.717, 1.165) is 18.1 Å². The molecule has 2 aliphatic heterocycles. The number of rotatable bonds is 17. The van der Waals surface area contributed by atoms with Crippen molar-refractivity contribution in [2.24, 2.45) is 17.8 Å². The quantitative estimate of drug-likeness (QED) is 0.0786. The van der Waals surface area contributed by atoms with Gasteiger partial charge in [0.05, 0.1) is 6.04 Å². The second-order valence-corrected chi connectivity index (χ2v) is 13.3. The summed E-state index contributed by atoms with van der Waals surface area (Å²) >= 11 is 0. The Bertz CT molecular complexity index is 1450. The molecule has 3 rings (SSSR count). The summed E-state index contributed by atoms with van der Waals surface area (Å²) in [6, 6.07) is 8.74. The highest BCUT2D eigenvalue weighted by Gasteiger charge is 2.85. The summed E-state index contributed by atoms with van der Waals surface area (Å²) in [5.41, 5.74) is -6.09. The summed E-state index contributed by atoms with van der Waals surface area (Å²) in [6.07, 6.45) is -3.68. The summed E-state index contributed by atoms with van der Waals surface area (Å²) < 4.78 is 16.5. The number of carboxylic acid groups (broad SMARTS) is 3. The summed E-state index contributed by atoms with van der Waals surface area (Å²) in [7, 11) is 0. The SMILES string of the molecule is C=C(CCC12OC(C(=O)O)C(O)(C(=O)O)C(C(=O)O)(O1)C(OC(=O)C=CC(C)CC(C)CC)C2O)C(NC(C)=O)C(C)Cc1ccccc1. The molecule has 0 spiro atoms. The number of carboxylic acids is 3. The number of hydrogen-bond donors (Lipinski definition) is 6. The van der Waals surface area contributed by atoms with Gasteiger partial charge in [0.1, 0.15) is 6.10 Å². The zero-order valence-corrected chi connectivity index (χ0v) is 28.3. The van der Waals surface area contributed by atoms with Crippen molar-refractivity contribution >= 4 is 29.8 Å². The maximum absolute atomic E-state index is 13.0. The number of carbonyl (C=O) groups excluding carboxylic acids is 2. The number of hydrogen-bond acceptors (Lipinski definition) is 10. The van der Waals surface area contributed by atoms with Crippen LogP contribution < -0.4 is 5.32 Å². The summed E-state index contributed by atoms with van der Waals surface area (Å²) in [5.74, 6) is -10.9. The van der Waals surface area contributed by atoms with E-state index in [2.05, 4.69) is 11.9 Å². The third-order valence-corrected chi connectivity index (χ3v) is 9.44. The monoisotopic (exact) mass is 689 g/mol. The van der Waals surface area contributed by atoms with Gasteiger partial charge in [-0.3, -0.25) is 4.79 Å². The van der Waals surface area contributed by atoms with Gasteiger partial charge in [-0.1, -0.05) is 82.7 Å². The van der Waals surface area contributed by atoms with Crippen LogP contribution >= 0.6 is 0 Å². The molecular formula is C35H47NO13. The van der Waals surface area contributed by atoms with Crippen LogP contribution in [0.5, 0.6) is 0 Å². The number of amides is 1. The Morgan fingerprint density at radius 3 is 2.22 bits per heavy atom. The minimum atomic E-state index is -3.88. The van der Waals surface area contributed by atoms with Crippen molar-refractivity contribution in [3.8, 4) is 0 Å². The van der Waals surface area contributed by atoms with E-state index in [0.29, 0.717) is 24.3 Å². The van der Waals surface area contributed by atoms with Gasteiger partial charge in [0.2, 0.25) is 29.0 Å². The van der Waals surface area contributed by atoms with E-state index in [4.69, 9.17) is 14.2 Å². The topological polar surface area (TPSA) is 226 Å². The lowest BCUT2D eigenvalue weighted by atomic mass is 9.74. The maximum atomic E-state index is 13.0. The number of ether oxygens (including phenoxy) is 3. The van der Waals surface area contributed by atoms with Crippen LogP contribution in [-0.4, -0.2) is 96.7 Å². The minimum Gasteiger partial charge on any atom is -0.479 e. The first-order chi connectivity index (χ1) is 22.9. The maximum Gasteiger partial charge on any atom is 0.344 e. The van der Waals surface area contributed by atoms with Crippen molar-refractivity contribution in [1.29, 1.82) is 0 Å². The van der Waals surface area contributed by atoms with E-state index < -0.39 is 71.6 Å². The summed E-state index contributed by atoms with van der Waals surface area (Å²) in [4.78, 5) is 63.1. The Morgan fingerprint density at radius 1 is 1.06 bits per heavy atom. The Kier molecular flexibility index (Phi) is 12.5. The van der Waals surface area contributed by atoms with Crippen LogP contribution in [0, 0.1) is 17.8 Å². The molecule has 1 amide bonds. The minimum absolute atomic E-state index is 0.117. The van der Waals surface area contributed by atoms with E-state index in [1.165, 1.54) is 13.0 Å². The van der Waals surface area contributed by atoms with E-state index >= 15 is 0 Å². The Morgan fingerprint density at radius 2 is 1.69 bits per heavy atom. The molecule has 2 heterocycles. The average Bonchev–Trinajstić information content (AvgIpc) is 3.25. The molecule has 2 saturated heterocycles. The first kappa shape index (κ1) is 39.3. The van der Waals surface area contributed by atoms with Crippen LogP contribution in [0.15, 0.2) is 54.6 Å². The molecule has 270 valence electrons. The van der Waals surface area contributed by atoms with Gasteiger partial charge in [-0.05, 0) is 42.6 Å². The molecule has 0 aliphatic carbocycles. The zero-order chi connectivity index (χ0) is 36.9. The normalized spacial score (nSPS) is 30.1. The number of aliphatic hydroxyl groups is 2. The number of esters is 1. The van der Waals surface area contributed by atoms with Crippen LogP contribution in [0.1, 0.15) is 65.9 Å². The Balaban J connectivity index is 2.02. The molecule has 0 saturated carbocycles. The molecule has 49 heavy (non-hydrogen) atoms. The number of aliphatic hydroxyl groups excluding tert-OH is 1. The van der Waals surface area contributed by atoms with Gasteiger partial charge in [-0.25, -0.2) is 19.2 Å². The number of fused-ring (bicyclic) bond motifs is 2. The van der Waals surface area contributed by atoms with Crippen LogP contribution in [0.2, 0.25) is 0 Å². The molecule has 6 N–H and O–H groups in total. The summed E-state index contributed by atoms with van der Waals surface area (Å²) in [6.45, 7) is 13.1. The van der Waals surface area contributed by atoms with Gasteiger partial charge in [0.25, 0.3) is 0 Å². The second kappa shape index (κ2) is 15.6. The molecule has 2 fully saturated rings. The highest BCUT2D eigenvalue weighted by Crippen LogP contribution is 2.55. The second-order valence-electron chi connectivity index (χ2n) is 13.3. The Hall–Kier alpha value is -4.11. The van der Waals surface area contributed by atoms with Crippen molar-refractivity contribution < 1.29 is 63.7 Å². The van der Waals surface area contributed by atoms with E-state index in [1.54, 1.807) is 0 Å². The predicted molar refractivity (Wildman–Crippen MR) is 173 cm³/mol. The molecule has 14 heteroatoms. The van der Waals surface area contributed by atoms with Gasteiger partial charge in [0.15, 0.2) is 6.10 Å². The van der Waals surface area contributed by atoms with Crippen LogP contribution in [0.3, 0.4) is 0 Å². The van der Waals surface area contributed by atoms with E-state index in [9.17, 15) is 49.5 Å². The number of aliphatic carboxylic acids is 3. The lowest BCUT2D eigenvalue weighted by Gasteiger charge is -2.48. The summed E-state index contributed by atoms with van der Waals surface area (Å²) in [5, 5.41) is 56.4. The molecule has 1 aromatic carbocycles. The third kappa shape index (κ3) is 7.88. The smallest absolute Gasteiger partial charge is 0.344 e. The standard InChI is InChI=1S/C35H47NO13/c1-7-19(2)17-20(3)13-14-25(38)47-28-27(39)33(48-29(30(40)41)34(46,31(42)43)35(28,49-33)32(44)45)16-15-21(4)26(36-23(6)37)22(5)18-24-11-9-8-10-12-24/h8-14,19-20,22,26-29,39,46H,4,7,15-18H2,1-3,5-6H3,(H,36,37)(H,40,41)(H,42,43)(H,44,45). The van der Waals surface area contributed by atoms with Gasteiger partial charge >= 0.3 is 23.9 Å². The number of benzene rings is 1. The number of nitrogens with one attached hydrogen (secondary N) is 1.